The Morgan fingerprint density at radius 2 is 2.06 bits per heavy atom. The Hall–Kier alpha value is -1.11. The normalized spacial score (nSPS) is 21.3. The lowest BCUT2D eigenvalue weighted by Gasteiger charge is -2.17. The molecule has 1 aromatic carbocycles. The van der Waals surface area contributed by atoms with Gasteiger partial charge in [0.1, 0.15) is 10.6 Å². The molecule has 5 nitrogen and oxygen atoms in total. The number of hydrogen-bond donors (Lipinski definition) is 2. The molecule has 100 valence electrons. The first-order chi connectivity index (χ1) is 8.55. The Morgan fingerprint density at radius 3 is 2.72 bits per heavy atom. The van der Waals surface area contributed by atoms with Crippen LogP contribution >= 0.6 is 0 Å². The summed E-state index contributed by atoms with van der Waals surface area (Å²) in [5.41, 5.74) is 0. The average molecular weight is 271 g/mol. The molecule has 1 saturated heterocycles. The van der Waals surface area contributed by atoms with Crippen LogP contribution in [0.25, 0.3) is 0 Å². The van der Waals surface area contributed by atoms with Gasteiger partial charge in [-0.3, -0.25) is 0 Å². The van der Waals surface area contributed by atoms with E-state index in [1.165, 1.54) is 16.4 Å². The van der Waals surface area contributed by atoms with E-state index in [9.17, 15) is 13.5 Å². The Morgan fingerprint density at radius 1 is 1.33 bits per heavy atom. The average Bonchev–Trinajstić information content (AvgIpc) is 2.79. The van der Waals surface area contributed by atoms with Crippen LogP contribution in [0.4, 0.5) is 0 Å². The molecule has 0 bridgehead atoms. The zero-order valence-electron chi connectivity index (χ0n) is 9.99. The first-order valence-electron chi connectivity index (χ1n) is 5.94. The van der Waals surface area contributed by atoms with E-state index in [0.29, 0.717) is 19.5 Å². The maximum absolute atomic E-state index is 12.3. The first kappa shape index (κ1) is 13.3. The van der Waals surface area contributed by atoms with Crippen molar-refractivity contribution < 1.29 is 18.6 Å². The van der Waals surface area contributed by atoms with E-state index < -0.39 is 10.0 Å². The zero-order valence-corrected chi connectivity index (χ0v) is 10.8. The lowest BCUT2D eigenvalue weighted by atomic mass is 10.1. The van der Waals surface area contributed by atoms with Gasteiger partial charge in [0.15, 0.2) is 0 Å². The van der Waals surface area contributed by atoms with E-state index in [-0.39, 0.29) is 23.2 Å². The molecule has 6 heteroatoms. The summed E-state index contributed by atoms with van der Waals surface area (Å²) < 4.78 is 26.0. The van der Waals surface area contributed by atoms with Gasteiger partial charge in [-0.15, -0.1) is 0 Å². The molecular formula is C12H17NO4S. The summed E-state index contributed by atoms with van der Waals surface area (Å²) in [4.78, 5) is -0.0466. The number of benzene rings is 1. The molecule has 1 aliphatic heterocycles. The quantitative estimate of drug-likeness (QED) is 0.848. The molecule has 1 atom stereocenters. The predicted octanol–water partition coefficient (Wildman–Crippen LogP) is 0.785. The fraction of sp³-hybridized carbons (Fsp3) is 0.500. The second-order valence-electron chi connectivity index (χ2n) is 4.50. The minimum Gasteiger partial charge on any atom is -0.507 e. The van der Waals surface area contributed by atoms with Crippen molar-refractivity contribution in [2.45, 2.75) is 17.7 Å². The fourth-order valence-corrected chi connectivity index (χ4v) is 3.86. The molecule has 2 rings (SSSR count). The second-order valence-corrected chi connectivity index (χ2v) is 6.40. The van der Waals surface area contributed by atoms with Gasteiger partial charge in [-0.05, 0) is 30.9 Å². The molecule has 1 heterocycles. The summed E-state index contributed by atoms with van der Waals surface area (Å²) >= 11 is 0. The van der Waals surface area contributed by atoms with Crippen LogP contribution in [0.5, 0.6) is 5.75 Å². The van der Waals surface area contributed by atoms with Gasteiger partial charge in [-0.25, -0.2) is 8.42 Å². The molecule has 0 aromatic heterocycles. The third-order valence-corrected chi connectivity index (χ3v) is 5.18. The molecule has 2 N–H and O–H groups in total. The topological polar surface area (TPSA) is 77.8 Å². The summed E-state index contributed by atoms with van der Waals surface area (Å²) in [5.74, 6) is -0.0151. The van der Waals surface area contributed by atoms with Crippen molar-refractivity contribution in [3.63, 3.8) is 0 Å². The van der Waals surface area contributed by atoms with Crippen molar-refractivity contribution in [3.8, 4) is 5.75 Å². The van der Waals surface area contributed by atoms with Crippen LogP contribution in [0.2, 0.25) is 0 Å². The standard InChI is InChI=1S/C12H17NO4S/c14-8-6-10-5-7-13(9-10)18(16,17)12-4-2-1-3-11(12)15/h1-4,10,14-15H,5-9H2. The Kier molecular flexibility index (Phi) is 3.89. The van der Waals surface area contributed by atoms with E-state index in [2.05, 4.69) is 0 Å². The molecule has 18 heavy (non-hydrogen) atoms. The molecule has 1 fully saturated rings. The number of nitrogens with zero attached hydrogens (tertiary/aromatic N) is 1. The molecule has 0 spiro atoms. The Balaban J connectivity index is 2.21. The van der Waals surface area contributed by atoms with Crippen LogP contribution in [0.3, 0.4) is 0 Å². The van der Waals surface area contributed by atoms with Crippen molar-refractivity contribution in [1.29, 1.82) is 0 Å². The highest BCUT2D eigenvalue weighted by Gasteiger charge is 2.33. The highest BCUT2D eigenvalue weighted by molar-refractivity contribution is 7.89. The van der Waals surface area contributed by atoms with Crippen molar-refractivity contribution in [2.24, 2.45) is 5.92 Å². The highest BCUT2D eigenvalue weighted by Crippen LogP contribution is 2.30. The molecule has 1 aliphatic rings. The SMILES string of the molecule is O=S(=O)(c1ccccc1O)N1CCC(CCO)C1. The van der Waals surface area contributed by atoms with Crippen molar-refractivity contribution in [2.75, 3.05) is 19.7 Å². The Bertz CT molecular complexity index is 515. The maximum Gasteiger partial charge on any atom is 0.246 e. The largest absolute Gasteiger partial charge is 0.507 e. The monoisotopic (exact) mass is 271 g/mol. The maximum atomic E-state index is 12.3. The highest BCUT2D eigenvalue weighted by atomic mass is 32.2. The van der Waals surface area contributed by atoms with Gasteiger partial charge in [0.2, 0.25) is 10.0 Å². The van der Waals surface area contributed by atoms with Crippen LogP contribution in [0.15, 0.2) is 29.2 Å². The summed E-state index contributed by atoms with van der Waals surface area (Å²) in [6.45, 7) is 0.938. The van der Waals surface area contributed by atoms with Crippen molar-refractivity contribution in [3.05, 3.63) is 24.3 Å². The van der Waals surface area contributed by atoms with Crippen LogP contribution in [0, 0.1) is 5.92 Å². The third-order valence-electron chi connectivity index (χ3n) is 3.27. The van der Waals surface area contributed by atoms with Crippen molar-refractivity contribution in [1.82, 2.24) is 4.31 Å². The van der Waals surface area contributed by atoms with Gasteiger partial charge in [-0.1, -0.05) is 12.1 Å². The van der Waals surface area contributed by atoms with E-state index in [4.69, 9.17) is 5.11 Å². The minimum absolute atomic E-state index is 0.0466. The number of phenols is 1. The van der Waals surface area contributed by atoms with Crippen LogP contribution in [0.1, 0.15) is 12.8 Å². The van der Waals surface area contributed by atoms with Gasteiger partial charge in [0.05, 0.1) is 0 Å². The lowest BCUT2D eigenvalue weighted by molar-refractivity contribution is 0.259. The summed E-state index contributed by atoms with van der Waals surface area (Å²) in [5, 5.41) is 18.5. The van der Waals surface area contributed by atoms with E-state index in [1.807, 2.05) is 0 Å². The predicted molar refractivity (Wildman–Crippen MR) is 66.7 cm³/mol. The van der Waals surface area contributed by atoms with Gasteiger partial charge in [-0.2, -0.15) is 4.31 Å². The van der Waals surface area contributed by atoms with Crippen LogP contribution in [-0.4, -0.2) is 42.6 Å². The molecule has 0 amide bonds. The zero-order chi connectivity index (χ0) is 13.2. The number of hydrogen-bond acceptors (Lipinski definition) is 4. The number of aromatic hydroxyl groups is 1. The van der Waals surface area contributed by atoms with E-state index in [1.54, 1.807) is 12.1 Å². The number of aliphatic hydroxyl groups is 1. The number of phenolic OH excluding ortho intramolecular Hbond substituents is 1. The smallest absolute Gasteiger partial charge is 0.246 e. The van der Waals surface area contributed by atoms with Gasteiger partial charge in [0.25, 0.3) is 0 Å². The van der Waals surface area contributed by atoms with Gasteiger partial charge >= 0.3 is 0 Å². The molecule has 1 aromatic rings. The molecular weight excluding hydrogens is 254 g/mol. The number of rotatable bonds is 4. The molecule has 0 radical (unpaired) electrons. The molecule has 0 saturated carbocycles. The third kappa shape index (κ3) is 2.50. The minimum atomic E-state index is -3.62. The first-order valence-corrected chi connectivity index (χ1v) is 7.38. The van der Waals surface area contributed by atoms with Crippen molar-refractivity contribution >= 4 is 10.0 Å². The fourth-order valence-electron chi connectivity index (χ4n) is 2.25. The van der Waals surface area contributed by atoms with E-state index >= 15 is 0 Å². The van der Waals surface area contributed by atoms with Crippen LogP contribution in [-0.2, 0) is 10.0 Å². The molecule has 0 aliphatic carbocycles. The summed E-state index contributed by atoms with van der Waals surface area (Å²) in [6.07, 6.45) is 1.38. The number of sulfonamides is 1. The molecule has 1 unspecified atom stereocenters. The summed E-state index contributed by atoms with van der Waals surface area (Å²) in [7, 11) is -3.62. The van der Waals surface area contributed by atoms with Gasteiger partial charge in [0, 0.05) is 19.7 Å². The van der Waals surface area contributed by atoms with E-state index in [0.717, 1.165) is 6.42 Å². The van der Waals surface area contributed by atoms with Crippen LogP contribution < -0.4 is 0 Å². The Labute approximate surface area is 107 Å². The summed E-state index contributed by atoms with van der Waals surface area (Å²) in [6, 6.07) is 5.96. The van der Waals surface area contributed by atoms with Gasteiger partial charge < -0.3 is 10.2 Å². The lowest BCUT2D eigenvalue weighted by Crippen LogP contribution is -2.29. The number of aliphatic hydroxyl groups excluding tert-OH is 1. The second kappa shape index (κ2) is 5.26. The number of para-hydroxylation sites is 1.